The van der Waals surface area contributed by atoms with Gasteiger partial charge < -0.3 is 14.6 Å². The average Bonchev–Trinajstić information content (AvgIpc) is 2.78. The summed E-state index contributed by atoms with van der Waals surface area (Å²) in [6.45, 7) is 8.03. The first-order valence-electron chi connectivity index (χ1n) is 6.68. The third-order valence-electron chi connectivity index (χ3n) is 4.41. The summed E-state index contributed by atoms with van der Waals surface area (Å²) >= 11 is 6.13. The third kappa shape index (κ3) is 1.96. The molecular formula is C14H17BClNO3. The molecule has 1 amide bonds. The van der Waals surface area contributed by atoms with Crippen molar-refractivity contribution in [2.75, 3.05) is 5.32 Å². The number of fused-ring (bicyclic) bond motifs is 1. The second kappa shape index (κ2) is 4.23. The van der Waals surface area contributed by atoms with Gasteiger partial charge >= 0.3 is 7.12 Å². The molecule has 106 valence electrons. The van der Waals surface area contributed by atoms with Gasteiger partial charge in [-0.15, -0.1) is 0 Å². The van der Waals surface area contributed by atoms with E-state index in [4.69, 9.17) is 20.9 Å². The van der Waals surface area contributed by atoms with E-state index >= 15 is 0 Å². The van der Waals surface area contributed by atoms with E-state index in [1.165, 1.54) is 0 Å². The zero-order valence-corrected chi connectivity index (χ0v) is 12.8. The van der Waals surface area contributed by atoms with Crippen LogP contribution in [-0.4, -0.2) is 24.2 Å². The first-order chi connectivity index (χ1) is 9.21. The molecule has 2 aliphatic heterocycles. The molecule has 0 unspecified atom stereocenters. The van der Waals surface area contributed by atoms with Crippen molar-refractivity contribution in [1.82, 2.24) is 0 Å². The number of nitrogens with one attached hydrogen (secondary N) is 1. The Balaban J connectivity index is 2.02. The molecule has 6 heteroatoms. The number of carbonyl (C=O) groups is 1. The summed E-state index contributed by atoms with van der Waals surface area (Å²) in [7, 11) is -0.473. The molecular weight excluding hydrogens is 276 g/mol. The van der Waals surface area contributed by atoms with Crippen molar-refractivity contribution in [3.8, 4) is 0 Å². The molecule has 2 aliphatic rings. The number of benzene rings is 1. The van der Waals surface area contributed by atoms with E-state index in [0.29, 0.717) is 17.1 Å². The number of halogens is 1. The maximum Gasteiger partial charge on any atom is 0.495 e. The van der Waals surface area contributed by atoms with Crippen molar-refractivity contribution in [2.24, 2.45) is 0 Å². The first kappa shape index (κ1) is 13.9. The minimum absolute atomic E-state index is 0.0501. The second-order valence-electron chi connectivity index (χ2n) is 6.30. The summed E-state index contributed by atoms with van der Waals surface area (Å²) in [6.07, 6.45) is 0.315. The molecule has 1 saturated heterocycles. The molecule has 0 aromatic heterocycles. The highest BCUT2D eigenvalue weighted by molar-refractivity contribution is 6.63. The van der Waals surface area contributed by atoms with E-state index in [9.17, 15) is 4.79 Å². The predicted octanol–water partition coefficient (Wildman–Crippen LogP) is 2.13. The maximum absolute atomic E-state index is 11.6. The van der Waals surface area contributed by atoms with Gasteiger partial charge in [0.25, 0.3) is 0 Å². The van der Waals surface area contributed by atoms with Gasteiger partial charge in [-0.1, -0.05) is 17.7 Å². The summed E-state index contributed by atoms with van der Waals surface area (Å²) in [5, 5.41) is 3.34. The first-order valence-corrected chi connectivity index (χ1v) is 7.06. The second-order valence-corrected chi connectivity index (χ2v) is 6.71. The molecule has 2 heterocycles. The van der Waals surface area contributed by atoms with Crippen molar-refractivity contribution in [2.45, 2.75) is 45.3 Å². The topological polar surface area (TPSA) is 47.6 Å². The molecule has 0 spiro atoms. The summed E-state index contributed by atoms with van der Waals surface area (Å²) in [5.74, 6) is -0.0501. The lowest BCUT2D eigenvalue weighted by atomic mass is 9.75. The van der Waals surface area contributed by atoms with Crippen LogP contribution >= 0.6 is 11.6 Å². The van der Waals surface area contributed by atoms with Crippen LogP contribution in [0.4, 0.5) is 5.69 Å². The molecule has 1 aromatic carbocycles. The number of anilines is 1. The lowest BCUT2D eigenvalue weighted by Gasteiger charge is -2.32. The number of amides is 1. The molecule has 0 radical (unpaired) electrons. The van der Waals surface area contributed by atoms with Gasteiger partial charge in [-0.3, -0.25) is 4.79 Å². The summed E-state index contributed by atoms with van der Waals surface area (Å²) in [4.78, 5) is 11.6. The summed E-state index contributed by atoms with van der Waals surface area (Å²) in [5.41, 5.74) is 1.63. The quantitative estimate of drug-likeness (QED) is 0.807. The van der Waals surface area contributed by atoms with Gasteiger partial charge in [0.05, 0.1) is 28.3 Å². The van der Waals surface area contributed by atoms with Gasteiger partial charge in [-0.2, -0.15) is 0 Å². The van der Waals surface area contributed by atoms with Crippen molar-refractivity contribution >= 4 is 35.8 Å². The van der Waals surface area contributed by atoms with Crippen LogP contribution < -0.4 is 10.8 Å². The summed E-state index contributed by atoms with van der Waals surface area (Å²) < 4.78 is 12.1. The SMILES string of the molecule is CC1(C)OB(c2ccc(Cl)c3c2CC(=O)N3)OC1(C)C. The largest absolute Gasteiger partial charge is 0.495 e. The van der Waals surface area contributed by atoms with Crippen LogP contribution in [0.2, 0.25) is 5.02 Å². The number of carbonyl (C=O) groups excluding carboxylic acids is 1. The van der Waals surface area contributed by atoms with Gasteiger partial charge in [0.2, 0.25) is 5.91 Å². The van der Waals surface area contributed by atoms with Gasteiger partial charge in [-0.25, -0.2) is 0 Å². The molecule has 4 nitrogen and oxygen atoms in total. The van der Waals surface area contributed by atoms with E-state index in [0.717, 1.165) is 11.0 Å². The van der Waals surface area contributed by atoms with E-state index in [2.05, 4.69) is 5.32 Å². The molecule has 3 rings (SSSR count). The average molecular weight is 294 g/mol. The van der Waals surface area contributed by atoms with Crippen LogP contribution in [0.5, 0.6) is 0 Å². The van der Waals surface area contributed by atoms with Crippen molar-refractivity contribution in [1.29, 1.82) is 0 Å². The van der Waals surface area contributed by atoms with Crippen molar-refractivity contribution in [3.63, 3.8) is 0 Å². The Hall–Kier alpha value is -1.04. The van der Waals surface area contributed by atoms with Crippen LogP contribution in [0.1, 0.15) is 33.3 Å². The lowest BCUT2D eigenvalue weighted by molar-refractivity contribution is -0.115. The zero-order chi connectivity index (χ0) is 14.7. The van der Waals surface area contributed by atoms with Crippen LogP contribution in [0.25, 0.3) is 0 Å². The van der Waals surface area contributed by atoms with Crippen LogP contribution in [-0.2, 0) is 20.5 Å². The van der Waals surface area contributed by atoms with Gasteiger partial charge in [-0.05, 0) is 44.8 Å². The lowest BCUT2D eigenvalue weighted by Crippen LogP contribution is -2.41. The fourth-order valence-corrected chi connectivity index (χ4v) is 2.72. The number of hydrogen-bond donors (Lipinski definition) is 1. The van der Waals surface area contributed by atoms with Crippen LogP contribution in [0.15, 0.2) is 12.1 Å². The number of hydrogen-bond acceptors (Lipinski definition) is 3. The molecule has 0 aliphatic carbocycles. The molecule has 0 saturated carbocycles. The van der Waals surface area contributed by atoms with Crippen molar-refractivity contribution in [3.05, 3.63) is 22.7 Å². The summed E-state index contributed by atoms with van der Waals surface area (Å²) in [6, 6.07) is 3.65. The van der Waals surface area contributed by atoms with E-state index in [1.54, 1.807) is 6.07 Å². The Morgan fingerprint density at radius 2 is 1.80 bits per heavy atom. The fraction of sp³-hybridized carbons (Fsp3) is 0.500. The normalized spacial score (nSPS) is 22.9. The van der Waals surface area contributed by atoms with Gasteiger partial charge in [0.1, 0.15) is 0 Å². The van der Waals surface area contributed by atoms with Gasteiger partial charge in [0, 0.05) is 0 Å². The highest BCUT2D eigenvalue weighted by atomic mass is 35.5. The zero-order valence-electron chi connectivity index (χ0n) is 12.0. The smallest absolute Gasteiger partial charge is 0.399 e. The molecule has 1 fully saturated rings. The highest BCUT2D eigenvalue weighted by Gasteiger charge is 2.52. The molecule has 1 aromatic rings. The standard InChI is InChI=1S/C14H17BClNO3/c1-13(2)14(3,4)20-15(19-13)9-5-6-10(16)12-8(9)7-11(18)17-12/h5-6H,7H2,1-4H3,(H,17,18). The highest BCUT2D eigenvalue weighted by Crippen LogP contribution is 2.38. The number of rotatable bonds is 1. The van der Waals surface area contributed by atoms with Crippen LogP contribution in [0.3, 0.4) is 0 Å². The molecule has 1 N–H and O–H groups in total. The van der Waals surface area contributed by atoms with Gasteiger partial charge in [0.15, 0.2) is 0 Å². The minimum Gasteiger partial charge on any atom is -0.399 e. The Kier molecular flexibility index (Phi) is 2.94. The third-order valence-corrected chi connectivity index (χ3v) is 4.72. The monoisotopic (exact) mass is 293 g/mol. The van der Waals surface area contributed by atoms with E-state index < -0.39 is 18.3 Å². The molecule has 0 atom stereocenters. The Morgan fingerprint density at radius 1 is 1.20 bits per heavy atom. The van der Waals surface area contributed by atoms with E-state index in [1.807, 2.05) is 33.8 Å². The van der Waals surface area contributed by atoms with E-state index in [-0.39, 0.29) is 5.91 Å². The Labute approximate surface area is 123 Å². The Morgan fingerprint density at radius 3 is 2.40 bits per heavy atom. The molecule has 0 bridgehead atoms. The molecule has 20 heavy (non-hydrogen) atoms. The maximum atomic E-state index is 11.6. The Bertz CT molecular complexity index is 584. The predicted molar refractivity (Wildman–Crippen MR) is 79.5 cm³/mol. The fourth-order valence-electron chi connectivity index (χ4n) is 2.50. The van der Waals surface area contributed by atoms with Crippen LogP contribution in [0, 0.1) is 0 Å². The minimum atomic E-state index is -0.473. The van der Waals surface area contributed by atoms with Crippen molar-refractivity contribution < 1.29 is 14.1 Å².